The number of aryl methyl sites for hydroxylation is 1. The van der Waals surface area contributed by atoms with Crippen LogP contribution in [0.3, 0.4) is 0 Å². The predicted octanol–water partition coefficient (Wildman–Crippen LogP) is 2.92. The Balaban J connectivity index is 2.60. The molecule has 0 saturated carbocycles. The summed E-state index contributed by atoms with van der Waals surface area (Å²) in [6, 6.07) is 8.15. The van der Waals surface area contributed by atoms with Crippen molar-refractivity contribution in [3.63, 3.8) is 0 Å². The van der Waals surface area contributed by atoms with Crippen LogP contribution in [0.4, 0.5) is 17.1 Å². The summed E-state index contributed by atoms with van der Waals surface area (Å²) in [5.74, 6) is 0. The summed E-state index contributed by atoms with van der Waals surface area (Å²) in [4.78, 5) is 19.9. The number of sulfonamides is 1. The van der Waals surface area contributed by atoms with Gasteiger partial charge in [-0.2, -0.15) is 0 Å². The SMILES string of the molecule is Cc1ccccc1NS(=O)(=O)c1cc([N+](=O)[O-])c(C)c([N+](=O)[O-])c1. The molecule has 0 radical (unpaired) electrons. The molecule has 10 heteroatoms. The molecule has 126 valence electrons. The monoisotopic (exact) mass is 351 g/mol. The molecule has 0 aliphatic rings. The number of para-hydroxylation sites is 1. The van der Waals surface area contributed by atoms with E-state index in [9.17, 15) is 28.6 Å². The molecule has 0 bridgehead atoms. The predicted molar refractivity (Wildman–Crippen MR) is 86.5 cm³/mol. The van der Waals surface area contributed by atoms with Crippen LogP contribution in [0.15, 0.2) is 41.3 Å². The van der Waals surface area contributed by atoms with E-state index in [4.69, 9.17) is 0 Å². The van der Waals surface area contributed by atoms with E-state index in [1.807, 2.05) is 0 Å². The highest BCUT2D eigenvalue weighted by Crippen LogP contribution is 2.32. The third-order valence-corrected chi connectivity index (χ3v) is 4.76. The Morgan fingerprint density at radius 2 is 1.46 bits per heavy atom. The first-order chi connectivity index (χ1) is 11.1. The van der Waals surface area contributed by atoms with Gasteiger partial charge in [0.15, 0.2) is 0 Å². The molecule has 0 unspecified atom stereocenters. The molecule has 2 aromatic carbocycles. The fourth-order valence-electron chi connectivity index (χ4n) is 2.08. The lowest BCUT2D eigenvalue weighted by Crippen LogP contribution is -2.14. The van der Waals surface area contributed by atoms with Gasteiger partial charge in [0.2, 0.25) is 0 Å². The van der Waals surface area contributed by atoms with Crippen LogP contribution in [0, 0.1) is 34.1 Å². The summed E-state index contributed by atoms with van der Waals surface area (Å²) >= 11 is 0. The molecular weight excluding hydrogens is 338 g/mol. The van der Waals surface area contributed by atoms with Gasteiger partial charge in [0.1, 0.15) is 10.5 Å². The van der Waals surface area contributed by atoms with Crippen LogP contribution in [-0.2, 0) is 10.0 Å². The van der Waals surface area contributed by atoms with Gasteiger partial charge in [-0.25, -0.2) is 8.42 Å². The van der Waals surface area contributed by atoms with E-state index in [1.165, 1.54) is 13.0 Å². The zero-order valence-electron chi connectivity index (χ0n) is 12.7. The maximum absolute atomic E-state index is 12.5. The molecule has 0 spiro atoms. The summed E-state index contributed by atoms with van der Waals surface area (Å²) in [6.07, 6.45) is 0. The molecule has 0 amide bonds. The molecule has 2 aromatic rings. The Morgan fingerprint density at radius 1 is 0.958 bits per heavy atom. The number of benzene rings is 2. The van der Waals surface area contributed by atoms with Crippen molar-refractivity contribution in [1.29, 1.82) is 0 Å². The summed E-state index contributed by atoms with van der Waals surface area (Å²) < 4.78 is 27.2. The van der Waals surface area contributed by atoms with Gasteiger partial charge in [-0.05, 0) is 25.5 Å². The topological polar surface area (TPSA) is 132 Å². The fraction of sp³-hybridized carbons (Fsp3) is 0.143. The first-order valence-corrected chi connectivity index (χ1v) is 8.13. The average molecular weight is 351 g/mol. The lowest BCUT2D eigenvalue weighted by Gasteiger charge is -2.11. The Bertz CT molecular complexity index is 904. The Morgan fingerprint density at radius 3 is 1.92 bits per heavy atom. The molecule has 0 aromatic heterocycles. The fourth-order valence-corrected chi connectivity index (χ4v) is 3.25. The van der Waals surface area contributed by atoms with E-state index in [-0.39, 0.29) is 11.3 Å². The molecule has 9 nitrogen and oxygen atoms in total. The normalized spacial score (nSPS) is 11.1. The molecule has 24 heavy (non-hydrogen) atoms. The van der Waals surface area contributed by atoms with E-state index in [1.54, 1.807) is 25.1 Å². The highest BCUT2D eigenvalue weighted by molar-refractivity contribution is 7.92. The Hall–Kier alpha value is -3.01. The highest BCUT2D eigenvalue weighted by atomic mass is 32.2. The van der Waals surface area contributed by atoms with Crippen molar-refractivity contribution in [2.75, 3.05) is 4.72 Å². The zero-order valence-corrected chi connectivity index (χ0v) is 13.5. The van der Waals surface area contributed by atoms with Gasteiger partial charge in [0.05, 0.1) is 15.5 Å². The van der Waals surface area contributed by atoms with Crippen molar-refractivity contribution < 1.29 is 18.3 Å². The summed E-state index contributed by atoms with van der Waals surface area (Å²) in [7, 11) is -4.22. The first kappa shape index (κ1) is 17.3. The van der Waals surface area contributed by atoms with Crippen LogP contribution >= 0.6 is 0 Å². The van der Waals surface area contributed by atoms with Gasteiger partial charge in [0.25, 0.3) is 21.4 Å². The van der Waals surface area contributed by atoms with E-state index in [2.05, 4.69) is 4.72 Å². The lowest BCUT2D eigenvalue weighted by molar-refractivity contribution is -0.395. The van der Waals surface area contributed by atoms with Gasteiger partial charge in [-0.15, -0.1) is 0 Å². The lowest BCUT2D eigenvalue weighted by atomic mass is 10.1. The van der Waals surface area contributed by atoms with Crippen LogP contribution in [0.2, 0.25) is 0 Å². The molecule has 0 heterocycles. The number of nitrogens with one attached hydrogen (secondary N) is 1. The molecule has 2 rings (SSSR count). The van der Waals surface area contributed by atoms with Gasteiger partial charge < -0.3 is 0 Å². The van der Waals surface area contributed by atoms with Gasteiger partial charge in [-0.3, -0.25) is 25.0 Å². The maximum atomic E-state index is 12.5. The van der Waals surface area contributed by atoms with Crippen molar-refractivity contribution in [3.8, 4) is 0 Å². The van der Waals surface area contributed by atoms with E-state index in [0.29, 0.717) is 5.56 Å². The Kier molecular flexibility index (Phi) is 4.51. The molecule has 0 atom stereocenters. The minimum Gasteiger partial charge on any atom is -0.279 e. The molecule has 0 saturated heterocycles. The third kappa shape index (κ3) is 3.33. The summed E-state index contributed by atoms with van der Waals surface area (Å²) in [5, 5.41) is 22.1. The largest absolute Gasteiger partial charge is 0.280 e. The number of nitro groups is 2. The number of nitro benzene ring substituents is 2. The van der Waals surface area contributed by atoms with Crippen molar-refractivity contribution in [3.05, 3.63) is 67.8 Å². The zero-order chi connectivity index (χ0) is 18.1. The standard InChI is InChI=1S/C14H13N3O6S/c1-9-5-3-4-6-12(9)15-24(22,23)11-7-13(16(18)19)10(2)14(8-11)17(20)21/h3-8,15H,1-2H3. The van der Waals surface area contributed by atoms with E-state index >= 15 is 0 Å². The van der Waals surface area contributed by atoms with Gasteiger partial charge in [0, 0.05) is 12.1 Å². The quantitative estimate of drug-likeness (QED) is 0.650. The van der Waals surface area contributed by atoms with Gasteiger partial charge in [-0.1, -0.05) is 18.2 Å². The highest BCUT2D eigenvalue weighted by Gasteiger charge is 2.28. The van der Waals surface area contributed by atoms with Crippen molar-refractivity contribution in [1.82, 2.24) is 0 Å². The smallest absolute Gasteiger partial charge is 0.279 e. The minimum absolute atomic E-state index is 0.208. The van der Waals surface area contributed by atoms with Crippen molar-refractivity contribution >= 4 is 27.1 Å². The molecule has 0 fully saturated rings. The number of rotatable bonds is 5. The molecular formula is C14H13N3O6S. The van der Waals surface area contributed by atoms with Crippen molar-refractivity contribution in [2.45, 2.75) is 18.7 Å². The number of anilines is 1. The second-order valence-electron chi connectivity index (χ2n) is 5.02. The maximum Gasteiger partial charge on any atom is 0.280 e. The Labute approximate surface area is 137 Å². The van der Waals surface area contributed by atoms with E-state index < -0.39 is 36.1 Å². The third-order valence-electron chi connectivity index (χ3n) is 3.42. The summed E-state index contributed by atoms with van der Waals surface area (Å²) in [6.45, 7) is 2.87. The van der Waals surface area contributed by atoms with Crippen LogP contribution in [-0.4, -0.2) is 18.3 Å². The van der Waals surface area contributed by atoms with E-state index in [0.717, 1.165) is 12.1 Å². The second kappa shape index (κ2) is 6.24. The van der Waals surface area contributed by atoms with Gasteiger partial charge >= 0.3 is 0 Å². The molecule has 1 N–H and O–H groups in total. The minimum atomic E-state index is -4.22. The molecule has 0 aliphatic carbocycles. The van der Waals surface area contributed by atoms with Crippen LogP contribution < -0.4 is 4.72 Å². The number of hydrogen-bond donors (Lipinski definition) is 1. The summed E-state index contributed by atoms with van der Waals surface area (Å²) in [5.41, 5.74) is -0.552. The second-order valence-corrected chi connectivity index (χ2v) is 6.70. The van der Waals surface area contributed by atoms with Crippen LogP contribution in [0.25, 0.3) is 0 Å². The first-order valence-electron chi connectivity index (χ1n) is 6.65. The van der Waals surface area contributed by atoms with Crippen LogP contribution in [0.5, 0.6) is 0 Å². The molecule has 0 aliphatic heterocycles. The number of hydrogen-bond acceptors (Lipinski definition) is 6. The average Bonchev–Trinajstić information content (AvgIpc) is 2.48. The van der Waals surface area contributed by atoms with Crippen molar-refractivity contribution in [2.24, 2.45) is 0 Å². The number of nitrogens with zero attached hydrogens (tertiary/aromatic N) is 2. The van der Waals surface area contributed by atoms with Crippen LogP contribution in [0.1, 0.15) is 11.1 Å².